The van der Waals surface area contributed by atoms with E-state index in [1.807, 2.05) is 6.92 Å². The van der Waals surface area contributed by atoms with Crippen LogP contribution in [0.1, 0.15) is 62.7 Å². The highest BCUT2D eigenvalue weighted by Crippen LogP contribution is 2.37. The molecule has 0 fully saturated rings. The molecule has 0 saturated carbocycles. The van der Waals surface area contributed by atoms with E-state index in [4.69, 9.17) is 5.73 Å². The molecule has 4 rings (SSSR count). The van der Waals surface area contributed by atoms with Crippen molar-refractivity contribution in [3.8, 4) is 5.69 Å². The van der Waals surface area contributed by atoms with E-state index in [-0.39, 0.29) is 22.3 Å². The molecule has 8 heteroatoms. The van der Waals surface area contributed by atoms with E-state index in [2.05, 4.69) is 24.3 Å². The summed E-state index contributed by atoms with van der Waals surface area (Å²) < 4.78 is 1.74. The number of nitrogens with one attached hydrogen (secondary N) is 1. The van der Waals surface area contributed by atoms with E-state index < -0.39 is 11.9 Å². The number of carbonyl (C=O) groups excluding carboxylic acids is 2. The number of ketones is 1. The van der Waals surface area contributed by atoms with E-state index in [1.165, 1.54) is 12.1 Å². The molecule has 2 aromatic carbocycles. The van der Waals surface area contributed by atoms with Gasteiger partial charge in [0.05, 0.1) is 39.5 Å². The summed E-state index contributed by atoms with van der Waals surface area (Å²) in [7, 11) is 0. The Kier molecular flexibility index (Phi) is 5.08. The molecule has 0 aliphatic heterocycles. The normalized spacial score (nSPS) is 14.7. The average molecular weight is 432 g/mol. The fourth-order valence-corrected chi connectivity index (χ4v) is 4.22. The van der Waals surface area contributed by atoms with Crippen LogP contribution in [-0.4, -0.2) is 32.5 Å². The topological polar surface area (TPSA) is 127 Å². The first-order valence-electron chi connectivity index (χ1n) is 10.2. The molecule has 0 radical (unpaired) electrons. The van der Waals surface area contributed by atoms with Crippen molar-refractivity contribution in [2.45, 2.75) is 33.6 Å². The van der Waals surface area contributed by atoms with Crippen LogP contribution in [0.25, 0.3) is 5.69 Å². The van der Waals surface area contributed by atoms with Crippen molar-refractivity contribution in [1.29, 1.82) is 0 Å². The number of nitrogens with zero attached hydrogens (tertiary/aromatic N) is 2. The van der Waals surface area contributed by atoms with Gasteiger partial charge in [-0.3, -0.25) is 9.59 Å². The molecule has 0 atom stereocenters. The predicted molar refractivity (Wildman–Crippen MR) is 120 cm³/mol. The van der Waals surface area contributed by atoms with Crippen LogP contribution in [0.3, 0.4) is 0 Å². The Balaban J connectivity index is 1.81. The molecule has 8 nitrogen and oxygen atoms in total. The minimum atomic E-state index is -1.05. The zero-order valence-corrected chi connectivity index (χ0v) is 18.1. The van der Waals surface area contributed by atoms with Crippen LogP contribution in [-0.2, 0) is 6.42 Å². The van der Waals surface area contributed by atoms with Crippen LogP contribution in [0.15, 0.2) is 42.5 Å². The zero-order valence-electron chi connectivity index (χ0n) is 18.1. The molecule has 0 saturated heterocycles. The number of carboxylic acids is 1. The van der Waals surface area contributed by atoms with Crippen LogP contribution >= 0.6 is 0 Å². The Hall–Kier alpha value is -3.94. The van der Waals surface area contributed by atoms with E-state index in [1.54, 1.807) is 35.0 Å². The maximum atomic E-state index is 12.7. The lowest BCUT2D eigenvalue weighted by atomic mass is 9.75. The van der Waals surface area contributed by atoms with Crippen molar-refractivity contribution in [1.82, 2.24) is 9.78 Å². The van der Waals surface area contributed by atoms with Crippen molar-refractivity contribution < 1.29 is 19.5 Å². The minimum absolute atomic E-state index is 0.0811. The highest BCUT2D eigenvalue weighted by Gasteiger charge is 2.35. The molecule has 1 aliphatic rings. The van der Waals surface area contributed by atoms with Crippen molar-refractivity contribution in [3.63, 3.8) is 0 Å². The lowest BCUT2D eigenvalue weighted by Crippen LogP contribution is -2.28. The van der Waals surface area contributed by atoms with Crippen molar-refractivity contribution in [2.24, 2.45) is 11.1 Å². The van der Waals surface area contributed by atoms with Crippen LogP contribution in [0, 0.1) is 12.3 Å². The summed E-state index contributed by atoms with van der Waals surface area (Å²) in [4.78, 5) is 36.0. The smallest absolute Gasteiger partial charge is 0.335 e. The fourth-order valence-electron chi connectivity index (χ4n) is 4.22. The van der Waals surface area contributed by atoms with Gasteiger partial charge in [0.15, 0.2) is 5.78 Å². The highest BCUT2D eigenvalue weighted by molar-refractivity contribution is 6.01. The Morgan fingerprint density at radius 1 is 1.16 bits per heavy atom. The molecule has 4 N–H and O–H groups in total. The summed E-state index contributed by atoms with van der Waals surface area (Å²) in [6, 6.07) is 11.3. The number of nitrogens with two attached hydrogens (primary N) is 1. The van der Waals surface area contributed by atoms with Gasteiger partial charge in [-0.25, -0.2) is 9.48 Å². The van der Waals surface area contributed by atoms with Gasteiger partial charge in [-0.05, 0) is 55.2 Å². The van der Waals surface area contributed by atoms with Gasteiger partial charge in [-0.2, -0.15) is 5.10 Å². The fraction of sp³-hybridized carbons (Fsp3) is 0.250. The number of aromatic nitrogens is 2. The second-order valence-electron chi connectivity index (χ2n) is 8.86. The van der Waals surface area contributed by atoms with Gasteiger partial charge < -0.3 is 16.2 Å². The van der Waals surface area contributed by atoms with Crippen molar-refractivity contribution in [3.05, 3.63) is 70.5 Å². The third kappa shape index (κ3) is 3.87. The zero-order chi connectivity index (χ0) is 23.2. The van der Waals surface area contributed by atoms with Crippen molar-refractivity contribution >= 4 is 29.0 Å². The summed E-state index contributed by atoms with van der Waals surface area (Å²) in [5.74, 6) is -1.59. The molecule has 0 bridgehead atoms. The first kappa shape index (κ1) is 21.3. The molecule has 32 heavy (non-hydrogen) atoms. The second kappa shape index (κ2) is 7.64. The third-order valence-electron chi connectivity index (χ3n) is 5.62. The molecule has 1 amide bonds. The standard InChI is InChI=1S/C24H24N4O4/c1-13-21-19(11-24(2,3)12-20(21)29)28(27-13)16-7-8-17(22(25)30)18(10-16)26-15-6-4-5-14(9-15)23(31)32/h4-10,26H,11-12H2,1-3H3,(H2,25,30)(H,31,32). The number of anilines is 2. The number of aromatic carboxylic acids is 1. The van der Waals surface area contributed by atoms with Gasteiger partial charge >= 0.3 is 5.97 Å². The largest absolute Gasteiger partial charge is 0.478 e. The Morgan fingerprint density at radius 3 is 2.59 bits per heavy atom. The summed E-state index contributed by atoms with van der Waals surface area (Å²) >= 11 is 0. The van der Waals surface area contributed by atoms with E-state index in [0.29, 0.717) is 41.2 Å². The predicted octanol–water partition coefficient (Wildman–Crippen LogP) is 3.88. The monoisotopic (exact) mass is 432 g/mol. The summed E-state index contributed by atoms with van der Waals surface area (Å²) in [6.07, 6.45) is 1.16. The molecule has 1 aliphatic carbocycles. The molecule has 0 spiro atoms. The van der Waals surface area contributed by atoms with Gasteiger partial charge in [0.25, 0.3) is 5.91 Å². The van der Waals surface area contributed by atoms with Crippen LogP contribution in [0.2, 0.25) is 0 Å². The first-order chi connectivity index (χ1) is 15.1. The number of amides is 1. The van der Waals surface area contributed by atoms with E-state index >= 15 is 0 Å². The number of primary amides is 1. The van der Waals surface area contributed by atoms with Gasteiger partial charge in [0, 0.05) is 12.1 Å². The Morgan fingerprint density at radius 2 is 1.91 bits per heavy atom. The van der Waals surface area contributed by atoms with Gasteiger partial charge in [-0.1, -0.05) is 19.9 Å². The number of benzene rings is 2. The van der Waals surface area contributed by atoms with Gasteiger partial charge in [-0.15, -0.1) is 0 Å². The Bertz CT molecular complexity index is 1270. The second-order valence-corrected chi connectivity index (χ2v) is 8.86. The maximum Gasteiger partial charge on any atom is 0.335 e. The third-order valence-corrected chi connectivity index (χ3v) is 5.62. The Labute approximate surface area is 185 Å². The number of fused-ring (bicyclic) bond motifs is 1. The van der Waals surface area contributed by atoms with Crippen molar-refractivity contribution in [2.75, 3.05) is 5.32 Å². The molecule has 1 aromatic heterocycles. The first-order valence-corrected chi connectivity index (χ1v) is 10.2. The number of hydrogen-bond donors (Lipinski definition) is 3. The molecule has 0 unspecified atom stereocenters. The number of hydrogen-bond acceptors (Lipinski definition) is 5. The van der Waals surface area contributed by atoms with Crippen LogP contribution in [0.4, 0.5) is 11.4 Å². The average Bonchev–Trinajstić information content (AvgIpc) is 3.03. The lowest BCUT2D eigenvalue weighted by molar-refractivity contribution is 0.0696. The molecule has 1 heterocycles. The molecular formula is C24H24N4O4. The number of aryl methyl sites for hydroxylation is 1. The summed E-state index contributed by atoms with van der Waals surface area (Å²) in [5.41, 5.74) is 9.51. The highest BCUT2D eigenvalue weighted by atomic mass is 16.4. The van der Waals surface area contributed by atoms with E-state index in [9.17, 15) is 19.5 Å². The molecular weight excluding hydrogens is 408 g/mol. The van der Waals surface area contributed by atoms with Crippen LogP contribution < -0.4 is 11.1 Å². The number of carboxylic acid groups (broad SMARTS) is 1. The number of carbonyl (C=O) groups is 3. The lowest BCUT2D eigenvalue weighted by Gasteiger charge is -2.29. The van der Waals surface area contributed by atoms with Gasteiger partial charge in [0.2, 0.25) is 0 Å². The summed E-state index contributed by atoms with van der Waals surface area (Å²) in [5, 5.41) is 17.0. The van der Waals surface area contributed by atoms with Gasteiger partial charge in [0.1, 0.15) is 0 Å². The molecule has 164 valence electrons. The number of rotatable bonds is 5. The van der Waals surface area contributed by atoms with E-state index in [0.717, 1.165) is 5.69 Å². The summed E-state index contributed by atoms with van der Waals surface area (Å²) in [6.45, 7) is 5.93. The maximum absolute atomic E-state index is 12.7. The SMILES string of the molecule is Cc1nn(-c2ccc(C(N)=O)c(Nc3cccc(C(=O)O)c3)c2)c2c1C(=O)CC(C)(C)C2. The molecule has 3 aromatic rings. The van der Waals surface area contributed by atoms with Crippen LogP contribution in [0.5, 0.6) is 0 Å². The quantitative estimate of drug-likeness (QED) is 0.561. The minimum Gasteiger partial charge on any atom is -0.478 e. The number of Topliss-reactive ketones (excluding diaryl/α,β-unsaturated/α-hetero) is 1.